The van der Waals surface area contributed by atoms with Crippen molar-refractivity contribution in [1.82, 2.24) is 4.98 Å². The van der Waals surface area contributed by atoms with Crippen LogP contribution in [0.5, 0.6) is 0 Å². The van der Waals surface area contributed by atoms with E-state index in [1.165, 1.54) is 25.7 Å². The van der Waals surface area contributed by atoms with Crippen LogP contribution in [0.2, 0.25) is 0 Å². The van der Waals surface area contributed by atoms with Crippen molar-refractivity contribution in [2.45, 2.75) is 38.6 Å². The molecule has 1 saturated carbocycles. The zero-order chi connectivity index (χ0) is 13.1. The number of nitrogens with zero attached hydrogens (tertiary/aromatic N) is 2. The Morgan fingerprint density at radius 2 is 2.22 bits per heavy atom. The predicted molar refractivity (Wildman–Crippen MR) is 79.9 cm³/mol. The maximum Gasteiger partial charge on any atom is 0.122 e. The van der Waals surface area contributed by atoms with Gasteiger partial charge in [0.15, 0.2) is 0 Å². The predicted octanol–water partition coefficient (Wildman–Crippen LogP) is 2.73. The van der Waals surface area contributed by atoms with Gasteiger partial charge in [-0.15, -0.1) is 0 Å². The number of rotatable bonds is 3. The summed E-state index contributed by atoms with van der Waals surface area (Å²) in [4.78, 5) is 7.00. The van der Waals surface area contributed by atoms with Crippen molar-refractivity contribution < 1.29 is 0 Å². The van der Waals surface area contributed by atoms with Gasteiger partial charge in [-0.05, 0) is 30.9 Å². The Labute approximate surface area is 114 Å². The summed E-state index contributed by atoms with van der Waals surface area (Å²) in [5.74, 6) is 0.829. The van der Waals surface area contributed by atoms with Crippen LogP contribution in [-0.4, -0.2) is 23.1 Å². The van der Waals surface area contributed by atoms with Gasteiger partial charge in [-0.3, -0.25) is 4.98 Å². The van der Waals surface area contributed by atoms with Gasteiger partial charge in [-0.1, -0.05) is 32.0 Å². The lowest BCUT2D eigenvalue weighted by molar-refractivity contribution is 0.336. The van der Waals surface area contributed by atoms with Gasteiger partial charge >= 0.3 is 0 Å². The van der Waals surface area contributed by atoms with E-state index in [9.17, 15) is 0 Å². The summed E-state index contributed by atoms with van der Waals surface area (Å²) in [7, 11) is 2.15. The van der Waals surface area contributed by atoms with E-state index in [1.54, 1.807) is 0 Å². The molecule has 2 atom stereocenters. The van der Waals surface area contributed by atoms with Crippen LogP contribution in [0, 0.1) is 5.92 Å². The molecule has 0 radical (unpaired) electrons. The van der Waals surface area contributed by atoms with Gasteiger partial charge in [0.05, 0.1) is 17.6 Å². The van der Waals surface area contributed by atoms with Crippen LogP contribution in [0.1, 0.15) is 38.3 Å². The van der Waals surface area contributed by atoms with E-state index in [0.717, 1.165) is 11.6 Å². The second-order valence-corrected chi connectivity index (χ2v) is 5.74. The summed E-state index contributed by atoms with van der Waals surface area (Å²) in [5.41, 5.74) is 7.40. The van der Waals surface area contributed by atoms with Crippen molar-refractivity contribution in [3.8, 4) is 0 Å². The Morgan fingerprint density at radius 3 is 2.78 bits per heavy atom. The first-order chi connectivity index (χ1) is 8.58. The molecule has 1 aliphatic rings. The van der Waals surface area contributed by atoms with E-state index in [4.69, 9.17) is 18.0 Å². The standard InChI is InChI=1S/C14H21N3S/c1-10-4-3-5-11(8-10)17(2)12-6-7-13(14(15)18)16-9-12/h6-7,9-11H,3-5,8H2,1-2H3,(H2,15,18). The van der Waals surface area contributed by atoms with Crippen LogP contribution in [-0.2, 0) is 0 Å². The van der Waals surface area contributed by atoms with Gasteiger partial charge in [0.25, 0.3) is 0 Å². The molecule has 0 amide bonds. The molecular weight excluding hydrogens is 242 g/mol. The molecule has 1 aliphatic carbocycles. The normalized spacial score (nSPS) is 23.7. The molecule has 0 saturated heterocycles. The Balaban J connectivity index is 2.08. The lowest BCUT2D eigenvalue weighted by Crippen LogP contribution is -2.35. The van der Waals surface area contributed by atoms with E-state index >= 15 is 0 Å². The van der Waals surface area contributed by atoms with Gasteiger partial charge in [0.2, 0.25) is 0 Å². The molecule has 0 spiro atoms. The minimum absolute atomic E-state index is 0.357. The quantitative estimate of drug-likeness (QED) is 0.852. The third kappa shape index (κ3) is 2.99. The highest BCUT2D eigenvalue weighted by Gasteiger charge is 2.22. The third-order valence-electron chi connectivity index (χ3n) is 3.86. The highest BCUT2D eigenvalue weighted by Crippen LogP contribution is 2.29. The zero-order valence-corrected chi connectivity index (χ0v) is 11.9. The number of hydrogen-bond acceptors (Lipinski definition) is 3. The van der Waals surface area contributed by atoms with Gasteiger partial charge in [0, 0.05) is 13.1 Å². The van der Waals surface area contributed by atoms with E-state index < -0.39 is 0 Å². The fourth-order valence-corrected chi connectivity index (χ4v) is 2.83. The van der Waals surface area contributed by atoms with Crippen molar-refractivity contribution in [1.29, 1.82) is 0 Å². The number of aromatic nitrogens is 1. The second kappa shape index (κ2) is 5.65. The van der Waals surface area contributed by atoms with Crippen molar-refractivity contribution in [2.24, 2.45) is 11.7 Å². The summed E-state index contributed by atoms with van der Waals surface area (Å²) >= 11 is 4.91. The molecule has 1 heterocycles. The molecule has 0 aromatic carbocycles. The van der Waals surface area contributed by atoms with Crippen LogP contribution in [0.25, 0.3) is 0 Å². The SMILES string of the molecule is CC1CCCC(N(C)c2ccc(C(N)=S)nc2)C1. The van der Waals surface area contributed by atoms with Crippen molar-refractivity contribution in [2.75, 3.05) is 11.9 Å². The fraction of sp³-hybridized carbons (Fsp3) is 0.571. The third-order valence-corrected chi connectivity index (χ3v) is 4.07. The number of nitrogens with two attached hydrogens (primary N) is 1. The Hall–Kier alpha value is -1.16. The molecule has 3 nitrogen and oxygen atoms in total. The van der Waals surface area contributed by atoms with Gasteiger partial charge < -0.3 is 10.6 Å². The van der Waals surface area contributed by atoms with Crippen molar-refractivity contribution in [3.05, 3.63) is 24.0 Å². The highest BCUT2D eigenvalue weighted by atomic mass is 32.1. The summed E-state index contributed by atoms with van der Waals surface area (Å²) < 4.78 is 0. The van der Waals surface area contributed by atoms with Gasteiger partial charge in [0.1, 0.15) is 4.99 Å². The average Bonchev–Trinajstić information content (AvgIpc) is 2.38. The summed E-state index contributed by atoms with van der Waals surface area (Å²) in [6.45, 7) is 2.34. The summed E-state index contributed by atoms with van der Waals surface area (Å²) in [5, 5.41) is 0. The first-order valence-electron chi connectivity index (χ1n) is 6.56. The number of thiocarbonyl (C=S) groups is 1. The molecular formula is C14H21N3S. The molecule has 2 unspecified atom stereocenters. The Kier molecular flexibility index (Phi) is 4.17. The minimum Gasteiger partial charge on any atom is -0.388 e. The minimum atomic E-state index is 0.357. The van der Waals surface area contributed by atoms with E-state index in [2.05, 4.69) is 29.9 Å². The zero-order valence-electron chi connectivity index (χ0n) is 11.1. The number of anilines is 1. The molecule has 98 valence electrons. The molecule has 18 heavy (non-hydrogen) atoms. The maximum absolute atomic E-state index is 5.56. The summed E-state index contributed by atoms with van der Waals surface area (Å²) in [6, 6.07) is 4.59. The lowest BCUT2D eigenvalue weighted by atomic mass is 9.86. The van der Waals surface area contributed by atoms with Gasteiger partial charge in [-0.25, -0.2) is 0 Å². The molecule has 1 aromatic rings. The van der Waals surface area contributed by atoms with Gasteiger partial charge in [-0.2, -0.15) is 0 Å². The van der Waals surface area contributed by atoms with Crippen LogP contribution in [0.3, 0.4) is 0 Å². The van der Waals surface area contributed by atoms with Crippen LogP contribution >= 0.6 is 12.2 Å². The van der Waals surface area contributed by atoms with E-state index in [1.807, 2.05) is 12.3 Å². The van der Waals surface area contributed by atoms with Crippen molar-refractivity contribution >= 4 is 22.9 Å². The highest BCUT2D eigenvalue weighted by molar-refractivity contribution is 7.80. The molecule has 2 N–H and O–H groups in total. The van der Waals surface area contributed by atoms with E-state index in [0.29, 0.717) is 16.7 Å². The van der Waals surface area contributed by atoms with E-state index in [-0.39, 0.29) is 0 Å². The monoisotopic (exact) mass is 263 g/mol. The molecule has 0 aliphatic heterocycles. The number of pyridine rings is 1. The molecule has 4 heteroatoms. The maximum atomic E-state index is 5.56. The largest absolute Gasteiger partial charge is 0.388 e. The van der Waals surface area contributed by atoms with Crippen LogP contribution < -0.4 is 10.6 Å². The smallest absolute Gasteiger partial charge is 0.122 e. The lowest BCUT2D eigenvalue weighted by Gasteiger charge is -2.35. The van der Waals surface area contributed by atoms with Crippen molar-refractivity contribution in [3.63, 3.8) is 0 Å². The first-order valence-corrected chi connectivity index (χ1v) is 6.97. The number of hydrogen-bond donors (Lipinski definition) is 1. The molecule has 1 fully saturated rings. The topological polar surface area (TPSA) is 42.1 Å². The van der Waals surface area contributed by atoms with Crippen LogP contribution in [0.4, 0.5) is 5.69 Å². The summed E-state index contributed by atoms with van der Waals surface area (Å²) in [6.07, 6.45) is 7.11. The fourth-order valence-electron chi connectivity index (χ4n) is 2.71. The second-order valence-electron chi connectivity index (χ2n) is 5.30. The molecule has 0 bridgehead atoms. The molecule has 2 rings (SSSR count). The molecule has 1 aromatic heterocycles. The Bertz CT molecular complexity index is 416. The first kappa shape index (κ1) is 13.3. The van der Waals surface area contributed by atoms with Crippen LogP contribution in [0.15, 0.2) is 18.3 Å². The average molecular weight is 263 g/mol. The Morgan fingerprint density at radius 1 is 1.44 bits per heavy atom.